The number of fused-ring (bicyclic) bond motifs is 1. The molecule has 0 N–H and O–H groups in total. The van der Waals surface area contributed by atoms with Crippen LogP contribution < -0.4 is 0 Å². The van der Waals surface area contributed by atoms with Crippen molar-refractivity contribution in [3.8, 4) is 0 Å². The van der Waals surface area contributed by atoms with Crippen LogP contribution >= 0.6 is 0 Å². The molecular weight excluding hydrogens is 419 g/mol. The van der Waals surface area contributed by atoms with E-state index in [1.54, 1.807) is 18.3 Å². The second-order valence-electron chi connectivity index (χ2n) is 8.96. The number of piperidine rings is 2. The summed E-state index contributed by atoms with van der Waals surface area (Å²) in [5.74, 6) is 0.166. The molecule has 6 nitrogen and oxygen atoms in total. The highest BCUT2D eigenvalue weighted by molar-refractivity contribution is 5.94. The number of likely N-dealkylation sites (tertiary alicyclic amines) is 2. The third-order valence-electron chi connectivity index (χ3n) is 6.77. The van der Waals surface area contributed by atoms with E-state index in [-0.39, 0.29) is 29.6 Å². The van der Waals surface area contributed by atoms with Gasteiger partial charge in [-0.2, -0.15) is 5.10 Å². The molecule has 170 valence electrons. The Labute approximate surface area is 192 Å². The Hall–Kier alpha value is -3.48. The van der Waals surface area contributed by atoms with Crippen LogP contribution in [0.2, 0.25) is 0 Å². The number of aromatic nitrogens is 2. The number of rotatable bonds is 5. The molecular formula is C26H27FN4O2. The standard InChI is InChI=1S/C26H27FN4O2/c27-23-8-5-19(6-9-23)17-31-24-11-14-29(18-22(24)7-10-25(31)32)26(33)21-4-1-3-20(15-21)16-30-13-2-12-28-30/h1-6,8-9,12-13,15,22,24H,7,10-11,14,16-18H2/t22-,24+/m0/s1. The fourth-order valence-corrected chi connectivity index (χ4v) is 5.09. The van der Waals surface area contributed by atoms with Gasteiger partial charge in [0.05, 0.1) is 6.54 Å². The lowest BCUT2D eigenvalue weighted by Crippen LogP contribution is -2.56. The highest BCUT2D eigenvalue weighted by Crippen LogP contribution is 2.33. The zero-order valence-corrected chi connectivity index (χ0v) is 18.4. The Bertz CT molecular complexity index is 1130. The molecule has 33 heavy (non-hydrogen) atoms. The summed E-state index contributed by atoms with van der Waals surface area (Å²) in [4.78, 5) is 29.8. The number of carbonyl (C=O) groups is 2. The van der Waals surface area contributed by atoms with Crippen LogP contribution in [0.25, 0.3) is 0 Å². The predicted octanol–water partition coefficient (Wildman–Crippen LogP) is 3.72. The molecule has 0 spiro atoms. The van der Waals surface area contributed by atoms with Crippen LogP contribution in [0.4, 0.5) is 4.39 Å². The van der Waals surface area contributed by atoms with Gasteiger partial charge in [-0.05, 0) is 60.2 Å². The van der Waals surface area contributed by atoms with Gasteiger partial charge in [-0.25, -0.2) is 4.39 Å². The number of amides is 2. The van der Waals surface area contributed by atoms with E-state index in [1.807, 2.05) is 51.0 Å². The summed E-state index contributed by atoms with van der Waals surface area (Å²) in [5, 5.41) is 4.24. The molecule has 2 saturated heterocycles. The molecule has 0 bridgehead atoms. The summed E-state index contributed by atoms with van der Waals surface area (Å²) >= 11 is 0. The Kier molecular flexibility index (Phi) is 5.94. The molecule has 7 heteroatoms. The van der Waals surface area contributed by atoms with E-state index in [2.05, 4.69) is 5.10 Å². The third kappa shape index (κ3) is 4.67. The first-order valence-electron chi connectivity index (χ1n) is 11.5. The summed E-state index contributed by atoms with van der Waals surface area (Å²) < 4.78 is 15.1. The second-order valence-corrected chi connectivity index (χ2v) is 8.96. The predicted molar refractivity (Wildman–Crippen MR) is 122 cm³/mol. The van der Waals surface area contributed by atoms with Gasteiger partial charge in [0, 0.05) is 50.1 Å². The van der Waals surface area contributed by atoms with E-state index in [1.165, 1.54) is 12.1 Å². The highest BCUT2D eigenvalue weighted by Gasteiger charge is 2.40. The van der Waals surface area contributed by atoms with Crippen molar-refractivity contribution in [2.75, 3.05) is 13.1 Å². The molecule has 3 aromatic rings. The van der Waals surface area contributed by atoms with Gasteiger partial charge < -0.3 is 9.80 Å². The Morgan fingerprint density at radius 3 is 2.67 bits per heavy atom. The monoisotopic (exact) mass is 446 g/mol. The lowest BCUT2D eigenvalue weighted by atomic mass is 9.83. The summed E-state index contributed by atoms with van der Waals surface area (Å²) in [6.07, 6.45) is 5.70. The van der Waals surface area contributed by atoms with Crippen LogP contribution in [0, 0.1) is 11.7 Å². The smallest absolute Gasteiger partial charge is 0.253 e. The quantitative estimate of drug-likeness (QED) is 0.600. The Balaban J connectivity index is 1.26. The maximum atomic E-state index is 13.3. The van der Waals surface area contributed by atoms with Crippen LogP contribution in [0.3, 0.4) is 0 Å². The average Bonchev–Trinajstić information content (AvgIpc) is 3.34. The summed E-state index contributed by atoms with van der Waals surface area (Å²) in [6, 6.07) is 16.1. The van der Waals surface area contributed by atoms with E-state index in [0.717, 1.165) is 24.0 Å². The molecule has 0 aliphatic carbocycles. The lowest BCUT2D eigenvalue weighted by molar-refractivity contribution is -0.141. The zero-order chi connectivity index (χ0) is 22.8. The SMILES string of the molecule is O=C(c1cccc(Cn2cccn2)c1)N1CC[C@@H]2[C@@H](CCC(=O)N2Cc2ccc(F)cc2)C1. The zero-order valence-electron chi connectivity index (χ0n) is 18.4. The largest absolute Gasteiger partial charge is 0.338 e. The van der Waals surface area contributed by atoms with Crippen molar-refractivity contribution in [3.63, 3.8) is 0 Å². The van der Waals surface area contributed by atoms with Gasteiger partial charge >= 0.3 is 0 Å². The first kappa shape index (κ1) is 21.4. The first-order chi connectivity index (χ1) is 16.1. The van der Waals surface area contributed by atoms with Crippen LogP contribution in [-0.4, -0.2) is 50.5 Å². The molecule has 2 fully saturated rings. The van der Waals surface area contributed by atoms with Crippen molar-refractivity contribution in [2.24, 2.45) is 5.92 Å². The van der Waals surface area contributed by atoms with E-state index in [0.29, 0.717) is 38.2 Å². The van der Waals surface area contributed by atoms with Gasteiger partial charge in [-0.1, -0.05) is 24.3 Å². The number of halogens is 1. The van der Waals surface area contributed by atoms with Crippen molar-refractivity contribution >= 4 is 11.8 Å². The van der Waals surface area contributed by atoms with Crippen molar-refractivity contribution < 1.29 is 14.0 Å². The minimum atomic E-state index is -0.276. The average molecular weight is 447 g/mol. The molecule has 2 amide bonds. The number of hydrogen-bond acceptors (Lipinski definition) is 3. The maximum Gasteiger partial charge on any atom is 0.253 e. The van der Waals surface area contributed by atoms with Crippen LogP contribution in [0.5, 0.6) is 0 Å². The molecule has 2 aromatic carbocycles. The molecule has 0 unspecified atom stereocenters. The van der Waals surface area contributed by atoms with Crippen LogP contribution in [0.1, 0.15) is 40.7 Å². The maximum absolute atomic E-state index is 13.3. The highest BCUT2D eigenvalue weighted by atomic mass is 19.1. The van der Waals surface area contributed by atoms with Crippen molar-refractivity contribution in [1.29, 1.82) is 0 Å². The molecule has 2 aliphatic rings. The molecule has 2 atom stereocenters. The van der Waals surface area contributed by atoms with Crippen LogP contribution in [0.15, 0.2) is 67.0 Å². The topological polar surface area (TPSA) is 58.4 Å². The second kappa shape index (κ2) is 9.17. The van der Waals surface area contributed by atoms with Gasteiger partial charge in [0.2, 0.25) is 5.91 Å². The molecule has 2 aliphatic heterocycles. The molecule has 3 heterocycles. The van der Waals surface area contributed by atoms with Crippen molar-refractivity contribution in [2.45, 2.75) is 38.4 Å². The van der Waals surface area contributed by atoms with Gasteiger partial charge in [0.1, 0.15) is 5.82 Å². The van der Waals surface area contributed by atoms with E-state index >= 15 is 0 Å². The Morgan fingerprint density at radius 1 is 1.03 bits per heavy atom. The van der Waals surface area contributed by atoms with Crippen molar-refractivity contribution in [3.05, 3.63) is 89.5 Å². The number of benzene rings is 2. The van der Waals surface area contributed by atoms with Gasteiger partial charge in [0.25, 0.3) is 5.91 Å². The summed E-state index contributed by atoms with van der Waals surface area (Å²) in [7, 11) is 0. The van der Waals surface area contributed by atoms with Crippen molar-refractivity contribution in [1.82, 2.24) is 19.6 Å². The van der Waals surface area contributed by atoms with E-state index < -0.39 is 0 Å². The first-order valence-corrected chi connectivity index (χ1v) is 11.5. The number of hydrogen-bond donors (Lipinski definition) is 0. The minimum absolute atomic E-state index is 0.0396. The van der Waals surface area contributed by atoms with E-state index in [9.17, 15) is 14.0 Å². The van der Waals surface area contributed by atoms with Crippen LogP contribution in [-0.2, 0) is 17.9 Å². The van der Waals surface area contributed by atoms with E-state index in [4.69, 9.17) is 0 Å². The molecule has 5 rings (SSSR count). The number of nitrogens with zero attached hydrogens (tertiary/aromatic N) is 4. The minimum Gasteiger partial charge on any atom is -0.338 e. The fraction of sp³-hybridized carbons (Fsp3) is 0.346. The van der Waals surface area contributed by atoms with Gasteiger partial charge in [-0.15, -0.1) is 0 Å². The molecule has 1 aromatic heterocycles. The third-order valence-corrected chi connectivity index (χ3v) is 6.77. The summed E-state index contributed by atoms with van der Waals surface area (Å²) in [6.45, 7) is 2.39. The normalized spacial score (nSPS) is 20.6. The lowest BCUT2D eigenvalue weighted by Gasteiger charge is -2.47. The van der Waals surface area contributed by atoms with Gasteiger partial charge in [0.15, 0.2) is 0 Å². The summed E-state index contributed by atoms with van der Waals surface area (Å²) in [5.41, 5.74) is 2.65. The number of carbonyl (C=O) groups excluding carboxylic acids is 2. The molecule has 0 radical (unpaired) electrons. The Morgan fingerprint density at radius 2 is 1.88 bits per heavy atom. The fourth-order valence-electron chi connectivity index (χ4n) is 5.09. The molecule has 0 saturated carbocycles. The van der Waals surface area contributed by atoms with Gasteiger partial charge in [-0.3, -0.25) is 14.3 Å².